The highest BCUT2D eigenvalue weighted by molar-refractivity contribution is 6.21. The lowest BCUT2D eigenvalue weighted by Gasteiger charge is -2.17. The number of rotatable bonds is 2. The highest BCUT2D eigenvalue weighted by Crippen LogP contribution is 2.25. The molecule has 1 rings (SSSR count). The Morgan fingerprint density at radius 1 is 1.64 bits per heavy atom. The van der Waals surface area contributed by atoms with Crippen molar-refractivity contribution >= 4 is 11.6 Å². The molecule has 0 N–H and O–H groups in total. The summed E-state index contributed by atoms with van der Waals surface area (Å²) in [5.41, 5.74) is 1.58. The molecule has 0 heterocycles. The molecule has 0 aromatic carbocycles. The van der Waals surface area contributed by atoms with Crippen LogP contribution >= 0.6 is 11.6 Å². The van der Waals surface area contributed by atoms with Crippen LogP contribution in [0, 0.1) is 5.92 Å². The first-order chi connectivity index (χ1) is 5.18. The lowest BCUT2D eigenvalue weighted by atomic mass is 9.93. The van der Waals surface area contributed by atoms with Gasteiger partial charge in [0.2, 0.25) is 0 Å². The molecule has 0 bridgehead atoms. The van der Waals surface area contributed by atoms with Crippen LogP contribution in [0.4, 0.5) is 0 Å². The fraction of sp³-hybridized carbons (Fsp3) is 0.800. The number of hydrogen-bond acceptors (Lipinski definition) is 0. The smallest absolute Gasteiger partial charge is 0.0518 e. The highest BCUT2D eigenvalue weighted by Gasteiger charge is 2.11. The molecule has 0 spiro atoms. The van der Waals surface area contributed by atoms with E-state index in [0.717, 1.165) is 5.92 Å². The SMILES string of the molecule is CC(C)CC1=CC(Cl)CCC1. The molecule has 0 saturated heterocycles. The molecule has 0 amide bonds. The maximum atomic E-state index is 6.02. The predicted octanol–water partition coefficient (Wildman–Crippen LogP) is 3.75. The average molecular weight is 173 g/mol. The number of hydrogen-bond donors (Lipinski definition) is 0. The van der Waals surface area contributed by atoms with E-state index in [1.165, 1.54) is 25.7 Å². The van der Waals surface area contributed by atoms with Gasteiger partial charge in [0.05, 0.1) is 5.38 Å². The molecule has 11 heavy (non-hydrogen) atoms. The van der Waals surface area contributed by atoms with Gasteiger partial charge in [-0.2, -0.15) is 0 Å². The Morgan fingerprint density at radius 2 is 2.36 bits per heavy atom. The molecule has 1 aliphatic carbocycles. The molecule has 0 radical (unpaired) electrons. The van der Waals surface area contributed by atoms with Crippen LogP contribution in [-0.4, -0.2) is 5.38 Å². The van der Waals surface area contributed by atoms with Crippen molar-refractivity contribution < 1.29 is 0 Å². The van der Waals surface area contributed by atoms with Crippen LogP contribution in [0.15, 0.2) is 11.6 Å². The summed E-state index contributed by atoms with van der Waals surface area (Å²) in [7, 11) is 0. The van der Waals surface area contributed by atoms with Crippen LogP contribution < -0.4 is 0 Å². The quantitative estimate of drug-likeness (QED) is 0.440. The van der Waals surface area contributed by atoms with Crippen molar-refractivity contribution in [3.63, 3.8) is 0 Å². The Hall–Kier alpha value is 0.0300. The Kier molecular flexibility index (Phi) is 3.45. The molecule has 0 aromatic rings. The molecule has 1 aliphatic rings. The average Bonchev–Trinajstić information content (AvgIpc) is 1.85. The van der Waals surface area contributed by atoms with Gasteiger partial charge in [-0.25, -0.2) is 0 Å². The maximum absolute atomic E-state index is 6.02. The van der Waals surface area contributed by atoms with Gasteiger partial charge in [0.25, 0.3) is 0 Å². The fourth-order valence-electron chi connectivity index (χ4n) is 1.64. The Morgan fingerprint density at radius 3 is 2.91 bits per heavy atom. The second-order valence-corrected chi connectivity index (χ2v) is 4.39. The summed E-state index contributed by atoms with van der Waals surface area (Å²) >= 11 is 6.02. The summed E-state index contributed by atoms with van der Waals surface area (Å²) in [4.78, 5) is 0. The van der Waals surface area contributed by atoms with E-state index >= 15 is 0 Å². The first kappa shape index (κ1) is 9.12. The molecule has 0 nitrogen and oxygen atoms in total. The van der Waals surface area contributed by atoms with Crippen molar-refractivity contribution in [3.8, 4) is 0 Å². The Bertz CT molecular complexity index is 147. The fourth-order valence-corrected chi connectivity index (χ4v) is 1.97. The standard InChI is InChI=1S/C10H17Cl/c1-8(2)6-9-4-3-5-10(11)7-9/h7-8,10H,3-6H2,1-2H3. The van der Waals surface area contributed by atoms with Gasteiger partial charge in [-0.05, 0) is 31.6 Å². The molecule has 1 unspecified atom stereocenters. The molecular weight excluding hydrogens is 156 g/mol. The third-order valence-corrected chi connectivity index (χ3v) is 2.41. The zero-order valence-electron chi connectivity index (χ0n) is 7.44. The summed E-state index contributed by atoms with van der Waals surface area (Å²) in [6.45, 7) is 4.53. The summed E-state index contributed by atoms with van der Waals surface area (Å²) in [5, 5.41) is 0.317. The second-order valence-electron chi connectivity index (χ2n) is 3.83. The summed E-state index contributed by atoms with van der Waals surface area (Å²) < 4.78 is 0. The van der Waals surface area contributed by atoms with Gasteiger partial charge in [-0.3, -0.25) is 0 Å². The molecule has 64 valence electrons. The van der Waals surface area contributed by atoms with E-state index in [0.29, 0.717) is 5.38 Å². The lowest BCUT2D eigenvalue weighted by Crippen LogP contribution is -2.04. The topological polar surface area (TPSA) is 0 Å². The molecule has 0 aliphatic heterocycles. The highest BCUT2D eigenvalue weighted by atomic mass is 35.5. The predicted molar refractivity (Wildman–Crippen MR) is 51.0 cm³/mol. The molecule has 0 aromatic heterocycles. The summed E-state index contributed by atoms with van der Waals surface area (Å²) in [6, 6.07) is 0. The van der Waals surface area contributed by atoms with Crippen LogP contribution in [0.1, 0.15) is 39.5 Å². The normalized spacial score (nSPS) is 25.5. The van der Waals surface area contributed by atoms with Gasteiger partial charge in [0.1, 0.15) is 0 Å². The Balaban J connectivity index is 2.43. The molecule has 0 saturated carbocycles. The zero-order valence-corrected chi connectivity index (χ0v) is 8.19. The van der Waals surface area contributed by atoms with Crippen LogP contribution in [-0.2, 0) is 0 Å². The first-order valence-electron chi connectivity index (χ1n) is 4.52. The first-order valence-corrected chi connectivity index (χ1v) is 4.95. The van der Waals surface area contributed by atoms with Gasteiger partial charge in [-0.15, -0.1) is 11.6 Å². The van der Waals surface area contributed by atoms with Crippen molar-refractivity contribution in [2.75, 3.05) is 0 Å². The minimum Gasteiger partial charge on any atom is -0.118 e. The third-order valence-electron chi connectivity index (χ3n) is 2.06. The van der Waals surface area contributed by atoms with Crippen molar-refractivity contribution in [1.82, 2.24) is 0 Å². The number of alkyl halides is 1. The van der Waals surface area contributed by atoms with E-state index < -0.39 is 0 Å². The van der Waals surface area contributed by atoms with Crippen molar-refractivity contribution in [1.29, 1.82) is 0 Å². The number of allylic oxidation sites excluding steroid dienone is 2. The van der Waals surface area contributed by atoms with Gasteiger partial charge >= 0.3 is 0 Å². The van der Waals surface area contributed by atoms with E-state index in [1.54, 1.807) is 5.57 Å². The van der Waals surface area contributed by atoms with Crippen molar-refractivity contribution in [3.05, 3.63) is 11.6 Å². The second kappa shape index (κ2) is 4.15. The van der Waals surface area contributed by atoms with Crippen LogP contribution in [0.3, 0.4) is 0 Å². The van der Waals surface area contributed by atoms with E-state index in [4.69, 9.17) is 11.6 Å². The minimum absolute atomic E-state index is 0.317. The minimum atomic E-state index is 0.317. The zero-order chi connectivity index (χ0) is 8.27. The molecule has 1 atom stereocenters. The van der Waals surface area contributed by atoms with E-state index in [-0.39, 0.29) is 0 Å². The molecule has 0 fully saturated rings. The summed E-state index contributed by atoms with van der Waals surface area (Å²) in [5.74, 6) is 0.781. The third kappa shape index (κ3) is 3.29. The molecular formula is C10H17Cl. The van der Waals surface area contributed by atoms with Gasteiger partial charge in [0.15, 0.2) is 0 Å². The molecule has 1 heteroatoms. The van der Waals surface area contributed by atoms with Crippen LogP contribution in [0.25, 0.3) is 0 Å². The number of halogens is 1. The Labute approximate surface area is 74.6 Å². The van der Waals surface area contributed by atoms with E-state index in [1.807, 2.05) is 0 Å². The van der Waals surface area contributed by atoms with Gasteiger partial charge in [-0.1, -0.05) is 25.5 Å². The monoisotopic (exact) mass is 172 g/mol. The maximum Gasteiger partial charge on any atom is 0.0518 e. The lowest BCUT2D eigenvalue weighted by molar-refractivity contribution is 0.591. The van der Waals surface area contributed by atoms with E-state index in [2.05, 4.69) is 19.9 Å². The van der Waals surface area contributed by atoms with Crippen molar-refractivity contribution in [2.45, 2.75) is 44.9 Å². The van der Waals surface area contributed by atoms with Crippen LogP contribution in [0.5, 0.6) is 0 Å². The van der Waals surface area contributed by atoms with Crippen molar-refractivity contribution in [2.24, 2.45) is 5.92 Å². The van der Waals surface area contributed by atoms with Gasteiger partial charge in [0, 0.05) is 0 Å². The summed E-state index contributed by atoms with van der Waals surface area (Å²) in [6.07, 6.45) is 7.23. The largest absolute Gasteiger partial charge is 0.118 e. The van der Waals surface area contributed by atoms with Crippen LogP contribution in [0.2, 0.25) is 0 Å². The van der Waals surface area contributed by atoms with E-state index in [9.17, 15) is 0 Å². The van der Waals surface area contributed by atoms with Gasteiger partial charge < -0.3 is 0 Å².